The summed E-state index contributed by atoms with van der Waals surface area (Å²) in [5.41, 5.74) is 5.31. The molecule has 0 radical (unpaired) electrons. The number of rotatable bonds is 0. The van der Waals surface area contributed by atoms with Gasteiger partial charge in [0.1, 0.15) is 0 Å². The van der Waals surface area contributed by atoms with Gasteiger partial charge in [-0.3, -0.25) is 0 Å². The highest BCUT2D eigenvalue weighted by Crippen LogP contribution is 2.41. The molecule has 0 fully saturated rings. The van der Waals surface area contributed by atoms with E-state index in [9.17, 15) is 26.3 Å². The molecule has 2 aromatic carbocycles. The van der Waals surface area contributed by atoms with Crippen LogP contribution < -0.4 is 5.73 Å². The molecule has 0 aliphatic heterocycles. The molecular formula is C20H22ClF6NS. The molecule has 0 amide bonds. The number of anilines is 1. The van der Waals surface area contributed by atoms with Crippen LogP contribution in [-0.4, -0.2) is 0 Å². The lowest BCUT2D eigenvalue weighted by molar-refractivity contribution is -0.142. The van der Waals surface area contributed by atoms with Gasteiger partial charge in [-0.15, -0.1) is 12.6 Å². The van der Waals surface area contributed by atoms with E-state index in [1.165, 1.54) is 16.7 Å². The predicted octanol–water partition coefficient (Wildman–Crippen LogP) is 7.85. The molecule has 162 valence electrons. The molecular weight excluding hydrogens is 436 g/mol. The van der Waals surface area contributed by atoms with Crippen molar-refractivity contribution >= 4 is 29.9 Å². The molecule has 0 spiro atoms. The van der Waals surface area contributed by atoms with Crippen molar-refractivity contribution in [2.24, 2.45) is 0 Å². The average Bonchev–Trinajstić information content (AvgIpc) is 2.52. The molecule has 0 aliphatic carbocycles. The Morgan fingerprint density at radius 1 is 0.793 bits per heavy atom. The van der Waals surface area contributed by atoms with Crippen LogP contribution in [0.2, 0.25) is 5.02 Å². The molecule has 2 rings (SSSR count). The third kappa shape index (κ3) is 6.74. The number of benzene rings is 2. The van der Waals surface area contributed by atoms with Crippen LogP contribution in [0.5, 0.6) is 0 Å². The van der Waals surface area contributed by atoms with E-state index in [0.29, 0.717) is 6.07 Å². The Morgan fingerprint density at radius 3 is 1.59 bits per heavy atom. The lowest BCUT2D eigenvalue weighted by Crippen LogP contribution is -2.12. The van der Waals surface area contributed by atoms with Crippen molar-refractivity contribution in [2.75, 3.05) is 5.73 Å². The van der Waals surface area contributed by atoms with Crippen molar-refractivity contribution in [3.8, 4) is 0 Å². The maximum absolute atomic E-state index is 12.3. The standard InChI is InChI=1S/C12H18S.C8H4ClF6N/c1-8-6-10(12(3,4)5)7-9(2)11(8)13;9-6-4(8(13,14)15)1-3(2-5(6)16)7(10,11)12/h6-7,13H,1-5H3;1-2H,16H2. The summed E-state index contributed by atoms with van der Waals surface area (Å²) >= 11 is 9.64. The van der Waals surface area contributed by atoms with E-state index in [2.05, 4.69) is 59.4 Å². The quantitative estimate of drug-likeness (QED) is 0.235. The van der Waals surface area contributed by atoms with Gasteiger partial charge in [-0.05, 0) is 48.1 Å². The van der Waals surface area contributed by atoms with Crippen LogP contribution in [-0.2, 0) is 17.8 Å². The van der Waals surface area contributed by atoms with Crippen LogP contribution >= 0.6 is 24.2 Å². The highest BCUT2D eigenvalue weighted by Gasteiger charge is 2.39. The molecule has 0 saturated heterocycles. The fourth-order valence-corrected chi connectivity index (χ4v) is 2.75. The van der Waals surface area contributed by atoms with Crippen LogP contribution in [0.1, 0.15) is 48.6 Å². The highest BCUT2D eigenvalue weighted by molar-refractivity contribution is 7.80. The molecule has 0 bridgehead atoms. The Kier molecular flexibility index (Phi) is 7.63. The summed E-state index contributed by atoms with van der Waals surface area (Å²) in [5, 5.41) is -0.930. The number of halogens is 7. The fourth-order valence-electron chi connectivity index (χ4n) is 2.41. The zero-order valence-corrected chi connectivity index (χ0v) is 18.1. The fraction of sp³-hybridized carbons (Fsp3) is 0.400. The van der Waals surface area contributed by atoms with Gasteiger partial charge < -0.3 is 5.73 Å². The molecule has 2 N–H and O–H groups in total. The summed E-state index contributed by atoms with van der Waals surface area (Å²) < 4.78 is 73.5. The number of aryl methyl sites for hydroxylation is 2. The number of hydrogen-bond donors (Lipinski definition) is 2. The van der Waals surface area contributed by atoms with E-state index in [1.807, 2.05) is 0 Å². The Hall–Kier alpha value is -1.54. The van der Waals surface area contributed by atoms with Crippen molar-refractivity contribution in [3.05, 3.63) is 57.1 Å². The second-order valence-electron chi connectivity index (χ2n) is 7.63. The van der Waals surface area contributed by atoms with Gasteiger partial charge in [0.25, 0.3) is 0 Å². The summed E-state index contributed by atoms with van der Waals surface area (Å²) in [5.74, 6) is 0. The summed E-state index contributed by atoms with van der Waals surface area (Å²) in [6.07, 6.45) is -9.88. The van der Waals surface area contributed by atoms with Crippen LogP contribution in [0.15, 0.2) is 29.2 Å². The van der Waals surface area contributed by atoms with Gasteiger partial charge in [-0.25, -0.2) is 0 Å². The van der Waals surface area contributed by atoms with E-state index in [1.54, 1.807) is 0 Å². The van der Waals surface area contributed by atoms with Gasteiger partial charge in [0, 0.05) is 4.90 Å². The SMILES string of the molecule is Cc1cc(C(C)(C)C)cc(C)c1S.Nc1cc(C(F)(F)F)cc(C(F)(F)F)c1Cl. The number of nitrogens with two attached hydrogens (primary N) is 1. The first kappa shape index (κ1) is 25.5. The number of alkyl halides is 6. The summed E-state index contributed by atoms with van der Waals surface area (Å²) in [6.45, 7) is 10.9. The normalized spacial score (nSPS) is 12.4. The second kappa shape index (κ2) is 8.68. The van der Waals surface area contributed by atoms with Gasteiger partial charge in [-0.1, -0.05) is 44.5 Å². The van der Waals surface area contributed by atoms with E-state index < -0.39 is 34.2 Å². The first-order valence-electron chi connectivity index (χ1n) is 8.39. The van der Waals surface area contributed by atoms with Crippen LogP contribution in [0.4, 0.5) is 32.0 Å². The van der Waals surface area contributed by atoms with Crippen molar-refractivity contribution in [2.45, 2.75) is 57.3 Å². The molecule has 2 aromatic rings. The first-order chi connectivity index (χ1) is 12.9. The predicted molar refractivity (Wildman–Crippen MR) is 108 cm³/mol. The van der Waals surface area contributed by atoms with Gasteiger partial charge >= 0.3 is 12.4 Å². The van der Waals surface area contributed by atoms with Gasteiger partial charge in [0.15, 0.2) is 0 Å². The summed E-state index contributed by atoms with van der Waals surface area (Å²) in [7, 11) is 0. The molecule has 0 saturated carbocycles. The minimum Gasteiger partial charge on any atom is -0.397 e. The average molecular weight is 458 g/mol. The minimum atomic E-state index is -4.98. The molecule has 0 aliphatic rings. The number of thiol groups is 1. The van der Waals surface area contributed by atoms with E-state index in [0.717, 1.165) is 4.90 Å². The first-order valence-corrected chi connectivity index (χ1v) is 9.22. The Morgan fingerprint density at radius 2 is 1.24 bits per heavy atom. The zero-order chi connectivity index (χ0) is 22.9. The Bertz CT molecular complexity index is 859. The lowest BCUT2D eigenvalue weighted by Gasteiger charge is -2.21. The topological polar surface area (TPSA) is 26.0 Å². The molecule has 9 heteroatoms. The summed E-state index contributed by atoms with van der Waals surface area (Å²) in [6, 6.07) is 4.75. The minimum absolute atomic E-state index is 0.0707. The number of nitrogen functional groups attached to an aromatic ring is 1. The Balaban J connectivity index is 0.000000296. The maximum atomic E-state index is 12.3. The van der Waals surface area contributed by atoms with Crippen molar-refractivity contribution in [3.63, 3.8) is 0 Å². The Labute approximate surface area is 176 Å². The lowest BCUT2D eigenvalue weighted by atomic mass is 9.85. The van der Waals surface area contributed by atoms with Gasteiger partial charge in [0.05, 0.1) is 21.8 Å². The van der Waals surface area contributed by atoms with Crippen LogP contribution in [0.25, 0.3) is 0 Å². The smallest absolute Gasteiger partial charge is 0.397 e. The third-order valence-corrected chi connectivity index (χ3v) is 5.22. The van der Waals surface area contributed by atoms with Crippen molar-refractivity contribution in [1.29, 1.82) is 0 Å². The molecule has 0 atom stereocenters. The third-order valence-electron chi connectivity index (χ3n) is 4.09. The molecule has 1 nitrogen and oxygen atoms in total. The zero-order valence-electron chi connectivity index (χ0n) is 16.5. The molecule has 29 heavy (non-hydrogen) atoms. The summed E-state index contributed by atoms with van der Waals surface area (Å²) in [4.78, 5) is 1.12. The van der Waals surface area contributed by atoms with Gasteiger partial charge in [0.2, 0.25) is 0 Å². The van der Waals surface area contributed by atoms with Gasteiger partial charge in [-0.2, -0.15) is 26.3 Å². The molecule has 0 unspecified atom stereocenters. The van der Waals surface area contributed by atoms with Crippen molar-refractivity contribution < 1.29 is 26.3 Å². The second-order valence-corrected chi connectivity index (χ2v) is 8.46. The maximum Gasteiger partial charge on any atom is 0.417 e. The molecule has 0 aromatic heterocycles. The van der Waals surface area contributed by atoms with E-state index >= 15 is 0 Å². The highest BCUT2D eigenvalue weighted by atomic mass is 35.5. The number of hydrogen-bond acceptors (Lipinski definition) is 2. The van der Waals surface area contributed by atoms with Crippen LogP contribution in [0.3, 0.4) is 0 Å². The van der Waals surface area contributed by atoms with Crippen molar-refractivity contribution in [1.82, 2.24) is 0 Å². The monoisotopic (exact) mass is 457 g/mol. The van der Waals surface area contributed by atoms with E-state index in [4.69, 9.17) is 17.3 Å². The molecule has 0 heterocycles. The van der Waals surface area contributed by atoms with E-state index in [-0.39, 0.29) is 11.5 Å². The largest absolute Gasteiger partial charge is 0.417 e. The van der Waals surface area contributed by atoms with Crippen LogP contribution in [0, 0.1) is 13.8 Å².